The largest absolute Gasteiger partial charge is 0.453 e. The lowest BCUT2D eigenvalue weighted by atomic mass is 10.1. The lowest BCUT2D eigenvalue weighted by Crippen LogP contribution is -2.48. The van der Waals surface area contributed by atoms with Crippen molar-refractivity contribution in [1.82, 2.24) is 9.80 Å². The Kier molecular flexibility index (Phi) is 2.64. The molecule has 3 saturated heterocycles. The third-order valence-corrected chi connectivity index (χ3v) is 4.69. The van der Waals surface area contributed by atoms with Crippen LogP contribution < -0.4 is 0 Å². The molecule has 2 amide bonds. The predicted molar refractivity (Wildman–Crippen MR) is 69.1 cm³/mol. The maximum atomic E-state index is 12.6. The fourth-order valence-electron chi connectivity index (χ4n) is 3.75. The van der Waals surface area contributed by atoms with Gasteiger partial charge in [-0.1, -0.05) is 0 Å². The second-order valence-corrected chi connectivity index (χ2v) is 5.63. The van der Waals surface area contributed by atoms with Crippen LogP contribution in [0.5, 0.6) is 0 Å². The minimum absolute atomic E-state index is 0.0468. The van der Waals surface area contributed by atoms with Crippen molar-refractivity contribution in [2.75, 3.05) is 19.7 Å². The van der Waals surface area contributed by atoms with Crippen molar-refractivity contribution in [3.8, 4) is 0 Å². The number of aliphatic hydroxyl groups excluding tert-OH is 1. The maximum Gasteiger partial charge on any atom is 0.289 e. The second-order valence-electron chi connectivity index (χ2n) is 5.63. The topological polar surface area (TPSA) is 83.2 Å². The molecule has 7 nitrogen and oxygen atoms in total. The number of carbonyl (C=O) groups excluding carboxylic acids is 2. The van der Waals surface area contributed by atoms with Crippen molar-refractivity contribution >= 4 is 11.8 Å². The standard InChI is InChI=1S/C14H16N2O5/c17-8-9-1-2-10(21-9)13(19)15-4-3-14-11(15)7-12(18)16(14)5-6-20-14/h1-2,11,17H,3-8H2/t11-,14+/m1/s1. The highest BCUT2D eigenvalue weighted by atomic mass is 16.5. The number of hydrogen-bond donors (Lipinski definition) is 1. The summed E-state index contributed by atoms with van der Waals surface area (Å²) in [5.41, 5.74) is -0.626. The molecule has 0 saturated carbocycles. The van der Waals surface area contributed by atoms with Crippen molar-refractivity contribution in [3.63, 3.8) is 0 Å². The van der Waals surface area contributed by atoms with Crippen LogP contribution in [0.4, 0.5) is 0 Å². The van der Waals surface area contributed by atoms with Gasteiger partial charge >= 0.3 is 0 Å². The molecular weight excluding hydrogens is 276 g/mol. The molecule has 7 heteroatoms. The first-order valence-electron chi connectivity index (χ1n) is 7.11. The van der Waals surface area contributed by atoms with E-state index >= 15 is 0 Å². The van der Waals surface area contributed by atoms with Gasteiger partial charge in [-0.2, -0.15) is 0 Å². The van der Waals surface area contributed by atoms with Crippen molar-refractivity contribution in [2.45, 2.75) is 31.2 Å². The molecule has 3 aliphatic rings. The maximum absolute atomic E-state index is 12.6. The molecule has 1 aromatic heterocycles. The van der Waals surface area contributed by atoms with Crippen LogP contribution in [-0.2, 0) is 16.1 Å². The SMILES string of the molecule is O=C(c1ccc(CO)o1)N1CC[C@@]23OCCN2C(=O)C[C@@H]13. The third-order valence-electron chi connectivity index (χ3n) is 4.69. The molecule has 0 aliphatic carbocycles. The summed E-state index contributed by atoms with van der Waals surface area (Å²) in [6.45, 7) is 1.44. The molecule has 3 fully saturated rings. The fraction of sp³-hybridized carbons (Fsp3) is 0.571. The zero-order chi connectivity index (χ0) is 14.6. The smallest absolute Gasteiger partial charge is 0.289 e. The van der Waals surface area contributed by atoms with Gasteiger partial charge in [0.1, 0.15) is 12.4 Å². The summed E-state index contributed by atoms with van der Waals surface area (Å²) < 4.78 is 11.2. The number of aliphatic hydroxyl groups is 1. The van der Waals surface area contributed by atoms with E-state index in [1.54, 1.807) is 21.9 Å². The second kappa shape index (κ2) is 4.32. The molecule has 0 bridgehead atoms. The van der Waals surface area contributed by atoms with Gasteiger partial charge in [0, 0.05) is 19.5 Å². The highest BCUT2D eigenvalue weighted by Gasteiger charge is 2.63. The van der Waals surface area contributed by atoms with Crippen molar-refractivity contribution in [1.29, 1.82) is 0 Å². The van der Waals surface area contributed by atoms with E-state index in [2.05, 4.69) is 0 Å². The molecule has 1 spiro atoms. The monoisotopic (exact) mass is 292 g/mol. The van der Waals surface area contributed by atoms with Crippen molar-refractivity contribution in [3.05, 3.63) is 23.7 Å². The molecule has 112 valence electrons. The van der Waals surface area contributed by atoms with Crippen LogP contribution in [0.15, 0.2) is 16.5 Å². The van der Waals surface area contributed by atoms with E-state index in [-0.39, 0.29) is 30.2 Å². The quantitative estimate of drug-likeness (QED) is 0.826. The van der Waals surface area contributed by atoms with Gasteiger partial charge in [-0.05, 0) is 12.1 Å². The predicted octanol–water partition coefficient (Wildman–Crippen LogP) is -0.0548. The zero-order valence-electron chi connectivity index (χ0n) is 11.4. The highest BCUT2D eigenvalue weighted by Crippen LogP contribution is 2.45. The average Bonchev–Trinajstić information content (AvgIpc) is 3.21. The molecule has 0 aromatic carbocycles. The number of ether oxygens (including phenoxy) is 1. The van der Waals surface area contributed by atoms with E-state index in [0.717, 1.165) is 0 Å². The van der Waals surface area contributed by atoms with Crippen LogP contribution in [0.2, 0.25) is 0 Å². The Morgan fingerprint density at radius 3 is 3.05 bits per heavy atom. The molecular formula is C14H16N2O5. The van der Waals surface area contributed by atoms with E-state index in [4.69, 9.17) is 14.3 Å². The Morgan fingerprint density at radius 1 is 1.43 bits per heavy atom. The van der Waals surface area contributed by atoms with Crippen molar-refractivity contribution in [2.24, 2.45) is 0 Å². The number of hydrogen-bond acceptors (Lipinski definition) is 5. The Hall–Kier alpha value is -1.86. The third kappa shape index (κ3) is 1.61. The summed E-state index contributed by atoms with van der Waals surface area (Å²) in [6.07, 6.45) is 0.946. The summed E-state index contributed by atoms with van der Waals surface area (Å²) in [5, 5.41) is 9.02. The fourth-order valence-corrected chi connectivity index (χ4v) is 3.75. The first-order chi connectivity index (χ1) is 10.2. The van der Waals surface area contributed by atoms with E-state index < -0.39 is 5.72 Å². The van der Waals surface area contributed by atoms with Gasteiger partial charge in [0.15, 0.2) is 11.5 Å². The first-order valence-corrected chi connectivity index (χ1v) is 7.11. The first kappa shape index (κ1) is 12.8. The molecule has 1 aromatic rings. The van der Waals surface area contributed by atoms with Gasteiger partial charge in [-0.3, -0.25) is 9.59 Å². The van der Waals surface area contributed by atoms with Crippen LogP contribution in [0, 0.1) is 0 Å². The Labute approximate surface area is 121 Å². The van der Waals surface area contributed by atoms with Gasteiger partial charge in [0.2, 0.25) is 5.91 Å². The van der Waals surface area contributed by atoms with Crippen molar-refractivity contribution < 1.29 is 23.8 Å². The average molecular weight is 292 g/mol. The zero-order valence-corrected chi connectivity index (χ0v) is 11.4. The Balaban J connectivity index is 1.62. The number of carbonyl (C=O) groups is 2. The van der Waals surface area contributed by atoms with Crippen LogP contribution in [0.1, 0.15) is 29.2 Å². The van der Waals surface area contributed by atoms with Gasteiger partial charge in [-0.15, -0.1) is 0 Å². The van der Waals surface area contributed by atoms with E-state index in [1.807, 2.05) is 0 Å². The summed E-state index contributed by atoms with van der Waals surface area (Å²) in [4.78, 5) is 28.1. The van der Waals surface area contributed by atoms with Gasteiger partial charge < -0.3 is 24.1 Å². The van der Waals surface area contributed by atoms with Crippen LogP contribution in [0.25, 0.3) is 0 Å². The number of rotatable bonds is 2. The summed E-state index contributed by atoms with van der Waals surface area (Å²) in [5.74, 6) is 0.348. The van der Waals surface area contributed by atoms with Gasteiger partial charge in [0.25, 0.3) is 5.91 Å². The van der Waals surface area contributed by atoms with E-state index in [0.29, 0.717) is 38.3 Å². The van der Waals surface area contributed by atoms with Crippen LogP contribution in [0.3, 0.4) is 0 Å². The summed E-state index contributed by atoms with van der Waals surface area (Å²) in [7, 11) is 0. The molecule has 21 heavy (non-hydrogen) atoms. The number of furan rings is 1. The van der Waals surface area contributed by atoms with Gasteiger partial charge in [0.05, 0.1) is 19.1 Å². The molecule has 3 aliphatic heterocycles. The molecule has 0 radical (unpaired) electrons. The number of likely N-dealkylation sites (tertiary alicyclic amines) is 1. The Bertz CT molecular complexity index is 612. The molecule has 2 atom stereocenters. The van der Waals surface area contributed by atoms with E-state index in [9.17, 15) is 9.59 Å². The Morgan fingerprint density at radius 2 is 2.29 bits per heavy atom. The molecule has 4 rings (SSSR count). The minimum Gasteiger partial charge on any atom is -0.453 e. The highest BCUT2D eigenvalue weighted by molar-refractivity contribution is 5.93. The summed E-state index contributed by atoms with van der Waals surface area (Å²) in [6, 6.07) is 2.89. The van der Waals surface area contributed by atoms with E-state index in [1.165, 1.54) is 0 Å². The molecule has 1 N–H and O–H groups in total. The summed E-state index contributed by atoms with van der Waals surface area (Å²) >= 11 is 0. The normalized spacial score (nSPS) is 30.9. The van der Waals surface area contributed by atoms with Gasteiger partial charge in [-0.25, -0.2) is 0 Å². The minimum atomic E-state index is -0.626. The lowest BCUT2D eigenvalue weighted by Gasteiger charge is -2.31. The number of nitrogens with zero attached hydrogens (tertiary/aromatic N) is 2. The molecule has 0 unspecified atom stereocenters. The number of amides is 2. The van der Waals surface area contributed by atoms with Crippen LogP contribution in [-0.4, -0.2) is 58.2 Å². The lowest BCUT2D eigenvalue weighted by molar-refractivity contribution is -0.136. The molecule has 4 heterocycles. The van der Waals surface area contributed by atoms with Crippen LogP contribution >= 0.6 is 0 Å².